The summed E-state index contributed by atoms with van der Waals surface area (Å²) in [5.41, 5.74) is 1.73. The number of halogens is 2. The SMILES string of the molecule is CCCNCC1(Cc2ccc(Cl)c(Cl)c2)CCCCC1. The third-order valence-corrected chi connectivity index (χ3v) is 5.14. The molecule has 0 aliphatic heterocycles. The van der Waals surface area contributed by atoms with Crippen LogP contribution < -0.4 is 5.32 Å². The van der Waals surface area contributed by atoms with Gasteiger partial charge in [0.15, 0.2) is 0 Å². The van der Waals surface area contributed by atoms with Crippen LogP contribution in [0.15, 0.2) is 18.2 Å². The van der Waals surface area contributed by atoms with Crippen molar-refractivity contribution in [1.29, 1.82) is 0 Å². The smallest absolute Gasteiger partial charge is 0.0595 e. The Bertz CT molecular complexity index is 425. The average Bonchev–Trinajstić information content (AvgIpc) is 2.44. The van der Waals surface area contributed by atoms with Crippen molar-refractivity contribution in [3.05, 3.63) is 33.8 Å². The molecule has 1 saturated carbocycles. The number of hydrogen-bond acceptors (Lipinski definition) is 1. The van der Waals surface area contributed by atoms with Crippen LogP contribution in [0.4, 0.5) is 0 Å². The lowest BCUT2D eigenvalue weighted by molar-refractivity contribution is 0.181. The van der Waals surface area contributed by atoms with Crippen molar-refractivity contribution in [2.24, 2.45) is 5.41 Å². The lowest BCUT2D eigenvalue weighted by Gasteiger charge is -2.38. The molecule has 1 fully saturated rings. The standard InChI is InChI=1S/C17H25Cl2N/c1-2-10-20-13-17(8-4-3-5-9-17)12-14-6-7-15(18)16(19)11-14/h6-7,11,20H,2-5,8-10,12-13H2,1H3. The maximum absolute atomic E-state index is 6.16. The van der Waals surface area contributed by atoms with E-state index in [-0.39, 0.29) is 0 Å². The number of benzene rings is 1. The highest BCUT2D eigenvalue weighted by atomic mass is 35.5. The number of rotatable bonds is 6. The van der Waals surface area contributed by atoms with Gasteiger partial charge in [-0.2, -0.15) is 0 Å². The average molecular weight is 314 g/mol. The summed E-state index contributed by atoms with van der Waals surface area (Å²) < 4.78 is 0. The lowest BCUT2D eigenvalue weighted by atomic mass is 9.70. The first-order valence-electron chi connectivity index (χ1n) is 7.80. The van der Waals surface area contributed by atoms with E-state index < -0.39 is 0 Å². The molecule has 1 aliphatic carbocycles. The van der Waals surface area contributed by atoms with Crippen LogP contribution in [0.5, 0.6) is 0 Å². The van der Waals surface area contributed by atoms with E-state index in [4.69, 9.17) is 23.2 Å². The van der Waals surface area contributed by atoms with Crippen LogP contribution in [0.3, 0.4) is 0 Å². The Morgan fingerprint density at radius 2 is 1.85 bits per heavy atom. The molecule has 0 amide bonds. The molecule has 0 spiro atoms. The highest BCUT2D eigenvalue weighted by Crippen LogP contribution is 2.39. The third kappa shape index (κ3) is 4.38. The van der Waals surface area contributed by atoms with Gasteiger partial charge in [0.2, 0.25) is 0 Å². The van der Waals surface area contributed by atoms with Crippen LogP contribution in [0, 0.1) is 5.41 Å². The summed E-state index contributed by atoms with van der Waals surface area (Å²) in [6.07, 6.45) is 9.05. The van der Waals surface area contributed by atoms with E-state index in [9.17, 15) is 0 Å². The molecule has 1 nitrogen and oxygen atoms in total. The number of hydrogen-bond donors (Lipinski definition) is 1. The Hall–Kier alpha value is -0.240. The van der Waals surface area contributed by atoms with E-state index in [2.05, 4.69) is 18.3 Å². The molecule has 0 heterocycles. The van der Waals surface area contributed by atoms with Crippen LogP contribution in [0.25, 0.3) is 0 Å². The molecule has 0 saturated heterocycles. The van der Waals surface area contributed by atoms with E-state index in [0.717, 1.165) is 19.5 Å². The molecule has 112 valence electrons. The van der Waals surface area contributed by atoms with Gasteiger partial charge in [-0.05, 0) is 55.3 Å². The fraction of sp³-hybridized carbons (Fsp3) is 0.647. The molecule has 3 heteroatoms. The Labute approximate surface area is 133 Å². The van der Waals surface area contributed by atoms with Gasteiger partial charge >= 0.3 is 0 Å². The molecular weight excluding hydrogens is 289 g/mol. The fourth-order valence-corrected chi connectivity index (χ4v) is 3.65. The van der Waals surface area contributed by atoms with Crippen molar-refractivity contribution >= 4 is 23.2 Å². The van der Waals surface area contributed by atoms with Crippen molar-refractivity contribution in [2.75, 3.05) is 13.1 Å². The summed E-state index contributed by atoms with van der Waals surface area (Å²) in [5.74, 6) is 0. The van der Waals surface area contributed by atoms with Gasteiger partial charge in [-0.15, -0.1) is 0 Å². The van der Waals surface area contributed by atoms with E-state index in [1.807, 2.05) is 12.1 Å². The quantitative estimate of drug-likeness (QED) is 0.685. The van der Waals surface area contributed by atoms with Crippen molar-refractivity contribution in [2.45, 2.75) is 51.9 Å². The summed E-state index contributed by atoms with van der Waals surface area (Å²) in [4.78, 5) is 0. The molecule has 1 aliphatic rings. The molecule has 20 heavy (non-hydrogen) atoms. The molecule has 1 aromatic rings. The predicted octanol–water partition coefficient (Wildman–Crippen LogP) is 5.49. The van der Waals surface area contributed by atoms with Gasteiger partial charge in [-0.25, -0.2) is 0 Å². The summed E-state index contributed by atoms with van der Waals surface area (Å²) in [6, 6.07) is 6.10. The topological polar surface area (TPSA) is 12.0 Å². The van der Waals surface area contributed by atoms with Crippen LogP contribution in [-0.2, 0) is 6.42 Å². The van der Waals surface area contributed by atoms with Crippen LogP contribution in [0.1, 0.15) is 51.0 Å². The van der Waals surface area contributed by atoms with Crippen molar-refractivity contribution in [1.82, 2.24) is 5.32 Å². The van der Waals surface area contributed by atoms with Crippen LogP contribution in [-0.4, -0.2) is 13.1 Å². The minimum absolute atomic E-state index is 0.407. The fourth-order valence-electron chi connectivity index (χ4n) is 3.33. The Balaban J connectivity index is 2.07. The molecule has 1 N–H and O–H groups in total. The number of nitrogens with one attached hydrogen (secondary N) is 1. The maximum atomic E-state index is 6.16. The van der Waals surface area contributed by atoms with Crippen molar-refractivity contribution in [3.63, 3.8) is 0 Å². The predicted molar refractivity (Wildman–Crippen MR) is 88.8 cm³/mol. The molecule has 0 atom stereocenters. The van der Waals surface area contributed by atoms with E-state index >= 15 is 0 Å². The zero-order valence-electron chi connectivity index (χ0n) is 12.4. The van der Waals surface area contributed by atoms with Crippen molar-refractivity contribution < 1.29 is 0 Å². The largest absolute Gasteiger partial charge is 0.316 e. The molecule has 0 radical (unpaired) electrons. The monoisotopic (exact) mass is 313 g/mol. The minimum Gasteiger partial charge on any atom is -0.316 e. The second-order valence-corrected chi connectivity index (χ2v) is 6.98. The van der Waals surface area contributed by atoms with Gasteiger partial charge in [0.1, 0.15) is 0 Å². The molecule has 0 aromatic heterocycles. The summed E-state index contributed by atoms with van der Waals surface area (Å²) in [5, 5.41) is 4.96. The van der Waals surface area contributed by atoms with Gasteiger partial charge in [-0.1, -0.05) is 55.5 Å². The Kier molecular flexibility index (Phi) is 6.20. The molecule has 1 aromatic carbocycles. The zero-order valence-corrected chi connectivity index (χ0v) is 13.9. The van der Waals surface area contributed by atoms with Gasteiger partial charge in [0.05, 0.1) is 10.0 Å². The van der Waals surface area contributed by atoms with E-state index in [1.54, 1.807) is 0 Å². The van der Waals surface area contributed by atoms with E-state index in [0.29, 0.717) is 15.5 Å². The zero-order chi connectivity index (χ0) is 14.4. The molecular formula is C17H25Cl2N. The van der Waals surface area contributed by atoms with Crippen LogP contribution >= 0.6 is 23.2 Å². The maximum Gasteiger partial charge on any atom is 0.0595 e. The molecule has 2 rings (SSSR count). The first-order chi connectivity index (χ1) is 9.65. The highest BCUT2D eigenvalue weighted by molar-refractivity contribution is 6.42. The third-order valence-electron chi connectivity index (χ3n) is 4.40. The molecule has 0 unspecified atom stereocenters. The normalized spacial score (nSPS) is 18.1. The van der Waals surface area contributed by atoms with Crippen LogP contribution in [0.2, 0.25) is 10.0 Å². The lowest BCUT2D eigenvalue weighted by Crippen LogP contribution is -2.38. The minimum atomic E-state index is 0.407. The van der Waals surface area contributed by atoms with E-state index in [1.165, 1.54) is 44.1 Å². The second kappa shape index (κ2) is 7.68. The first-order valence-corrected chi connectivity index (χ1v) is 8.55. The van der Waals surface area contributed by atoms with Crippen molar-refractivity contribution in [3.8, 4) is 0 Å². The Morgan fingerprint density at radius 3 is 2.50 bits per heavy atom. The van der Waals surface area contributed by atoms with Gasteiger partial charge in [-0.3, -0.25) is 0 Å². The molecule has 0 bridgehead atoms. The van der Waals surface area contributed by atoms with Gasteiger partial charge in [0, 0.05) is 6.54 Å². The summed E-state index contributed by atoms with van der Waals surface area (Å²) in [7, 11) is 0. The first kappa shape index (κ1) is 16.1. The van der Waals surface area contributed by atoms with Gasteiger partial charge < -0.3 is 5.32 Å². The summed E-state index contributed by atoms with van der Waals surface area (Å²) >= 11 is 12.2. The van der Waals surface area contributed by atoms with Gasteiger partial charge in [0.25, 0.3) is 0 Å². The second-order valence-electron chi connectivity index (χ2n) is 6.16. The summed E-state index contributed by atoms with van der Waals surface area (Å²) in [6.45, 7) is 4.46. The highest BCUT2D eigenvalue weighted by Gasteiger charge is 2.31. The Morgan fingerprint density at radius 1 is 1.10 bits per heavy atom.